The highest BCUT2D eigenvalue weighted by Crippen LogP contribution is 2.13. The van der Waals surface area contributed by atoms with Crippen LogP contribution in [-0.2, 0) is 16.6 Å². The van der Waals surface area contributed by atoms with Gasteiger partial charge in [0.15, 0.2) is 0 Å². The second-order valence-corrected chi connectivity index (χ2v) is 5.30. The van der Waals surface area contributed by atoms with Gasteiger partial charge < -0.3 is 5.73 Å². The fourth-order valence-corrected chi connectivity index (χ4v) is 2.67. The topological polar surface area (TPSA) is 81.2 Å². The van der Waals surface area contributed by atoms with E-state index in [0.717, 1.165) is 0 Å². The molecule has 0 aliphatic rings. The molecule has 1 aromatic rings. The lowest BCUT2D eigenvalue weighted by Gasteiger charge is -2.16. The van der Waals surface area contributed by atoms with Gasteiger partial charge in [0, 0.05) is 19.3 Å². The monoisotopic (exact) mass is 256 g/mol. The van der Waals surface area contributed by atoms with Crippen LogP contribution in [0.5, 0.6) is 0 Å². The zero-order valence-electron chi connectivity index (χ0n) is 9.70. The molecule has 0 atom stereocenters. The summed E-state index contributed by atoms with van der Waals surface area (Å²) in [6.45, 7) is 3.01. The molecule has 0 bridgehead atoms. The molecular weight excluding hydrogens is 240 g/mol. The van der Waals surface area contributed by atoms with Crippen LogP contribution in [0, 0.1) is 12.3 Å². The van der Waals surface area contributed by atoms with E-state index in [4.69, 9.17) is 12.2 Å². The first-order chi connectivity index (χ1) is 8.06. The third kappa shape index (κ3) is 3.06. The van der Waals surface area contributed by atoms with Crippen molar-refractivity contribution < 1.29 is 8.42 Å². The molecule has 94 valence electrons. The fourth-order valence-electron chi connectivity index (χ4n) is 1.35. The number of terminal acetylenes is 1. The Kier molecular flexibility index (Phi) is 4.69. The smallest absolute Gasteiger partial charge is 0.247 e. The van der Waals surface area contributed by atoms with Crippen LogP contribution in [0.4, 0.5) is 0 Å². The van der Waals surface area contributed by atoms with E-state index in [0.29, 0.717) is 19.6 Å². The maximum absolute atomic E-state index is 12.1. The summed E-state index contributed by atoms with van der Waals surface area (Å²) in [4.78, 5) is 0.142. The van der Waals surface area contributed by atoms with Gasteiger partial charge in [-0.1, -0.05) is 12.8 Å². The highest BCUT2D eigenvalue weighted by atomic mass is 32.2. The molecule has 0 aromatic carbocycles. The van der Waals surface area contributed by atoms with Crippen molar-refractivity contribution in [1.29, 1.82) is 0 Å². The molecule has 0 unspecified atom stereocenters. The standard InChI is InChI=1S/C10H16N4O2S/c1-3-6-14(4-2)17(15,16)10-8-12-13(9-10)7-5-11/h1,8-9H,4-7,11H2,2H3. The van der Waals surface area contributed by atoms with Gasteiger partial charge in [0.25, 0.3) is 0 Å². The van der Waals surface area contributed by atoms with Gasteiger partial charge >= 0.3 is 0 Å². The van der Waals surface area contributed by atoms with E-state index in [-0.39, 0.29) is 11.4 Å². The van der Waals surface area contributed by atoms with Gasteiger partial charge in [-0.3, -0.25) is 4.68 Å². The number of hydrogen-bond donors (Lipinski definition) is 1. The summed E-state index contributed by atoms with van der Waals surface area (Å²) in [6, 6.07) is 0. The Morgan fingerprint density at radius 2 is 2.35 bits per heavy atom. The molecule has 7 heteroatoms. The van der Waals surface area contributed by atoms with Crippen LogP contribution in [0.2, 0.25) is 0 Å². The summed E-state index contributed by atoms with van der Waals surface area (Å²) >= 11 is 0. The van der Waals surface area contributed by atoms with Crippen LogP contribution in [-0.4, -0.2) is 42.1 Å². The SMILES string of the molecule is C#CCN(CC)S(=O)(=O)c1cnn(CCN)c1. The molecule has 0 saturated carbocycles. The molecule has 0 saturated heterocycles. The Morgan fingerprint density at radius 1 is 1.65 bits per heavy atom. The van der Waals surface area contributed by atoms with Gasteiger partial charge in [0.2, 0.25) is 10.0 Å². The minimum atomic E-state index is -3.54. The lowest BCUT2D eigenvalue weighted by molar-refractivity contribution is 0.464. The molecule has 1 aromatic heterocycles. The van der Waals surface area contributed by atoms with E-state index in [1.165, 1.54) is 21.4 Å². The van der Waals surface area contributed by atoms with Crippen LogP contribution in [0.15, 0.2) is 17.3 Å². The highest BCUT2D eigenvalue weighted by molar-refractivity contribution is 7.89. The number of rotatable bonds is 6. The molecule has 6 nitrogen and oxygen atoms in total. The molecule has 1 heterocycles. The minimum absolute atomic E-state index is 0.0565. The first kappa shape index (κ1) is 13.7. The van der Waals surface area contributed by atoms with Crippen molar-refractivity contribution in [2.45, 2.75) is 18.4 Å². The van der Waals surface area contributed by atoms with E-state index in [1.54, 1.807) is 6.92 Å². The summed E-state index contributed by atoms with van der Waals surface area (Å²) in [5, 5.41) is 3.93. The van der Waals surface area contributed by atoms with Crippen molar-refractivity contribution >= 4 is 10.0 Å². The Morgan fingerprint density at radius 3 is 2.88 bits per heavy atom. The first-order valence-corrected chi connectivity index (χ1v) is 6.66. The summed E-state index contributed by atoms with van der Waals surface area (Å²) < 4.78 is 26.9. The summed E-state index contributed by atoms with van der Waals surface area (Å²) in [6.07, 6.45) is 7.91. The zero-order valence-corrected chi connectivity index (χ0v) is 10.5. The van der Waals surface area contributed by atoms with Gasteiger partial charge in [-0.2, -0.15) is 9.40 Å². The van der Waals surface area contributed by atoms with Crippen molar-refractivity contribution in [3.63, 3.8) is 0 Å². The predicted molar refractivity (Wildman–Crippen MR) is 64.5 cm³/mol. The third-order valence-corrected chi connectivity index (χ3v) is 4.10. The van der Waals surface area contributed by atoms with Gasteiger partial charge in [-0.05, 0) is 0 Å². The van der Waals surface area contributed by atoms with Crippen molar-refractivity contribution in [3.8, 4) is 12.3 Å². The van der Waals surface area contributed by atoms with Gasteiger partial charge in [0.1, 0.15) is 4.90 Å². The highest BCUT2D eigenvalue weighted by Gasteiger charge is 2.23. The summed E-state index contributed by atoms with van der Waals surface area (Å²) in [5.41, 5.74) is 5.37. The molecule has 2 N–H and O–H groups in total. The molecular formula is C10H16N4O2S. The first-order valence-electron chi connectivity index (χ1n) is 5.22. The molecule has 0 spiro atoms. The Balaban J connectivity index is 2.99. The fraction of sp³-hybridized carbons (Fsp3) is 0.500. The van der Waals surface area contributed by atoms with Crippen LogP contribution in [0.3, 0.4) is 0 Å². The quantitative estimate of drug-likeness (QED) is 0.695. The summed E-state index contributed by atoms with van der Waals surface area (Å²) in [7, 11) is -3.54. The lowest BCUT2D eigenvalue weighted by Crippen LogP contribution is -2.31. The molecule has 0 aliphatic carbocycles. The van der Waals surface area contributed by atoms with Gasteiger partial charge in [-0.25, -0.2) is 8.42 Å². The molecule has 0 aliphatic heterocycles. The molecule has 1 rings (SSSR count). The number of hydrogen-bond acceptors (Lipinski definition) is 4. The van der Waals surface area contributed by atoms with Crippen molar-refractivity contribution in [3.05, 3.63) is 12.4 Å². The van der Waals surface area contributed by atoms with Crippen LogP contribution in [0.25, 0.3) is 0 Å². The average Bonchev–Trinajstić information content (AvgIpc) is 2.75. The Hall–Kier alpha value is -1.36. The van der Waals surface area contributed by atoms with Crippen LogP contribution >= 0.6 is 0 Å². The van der Waals surface area contributed by atoms with Crippen LogP contribution in [0.1, 0.15) is 6.92 Å². The van der Waals surface area contributed by atoms with Crippen LogP contribution < -0.4 is 5.73 Å². The van der Waals surface area contributed by atoms with Gasteiger partial charge in [-0.15, -0.1) is 6.42 Å². The van der Waals surface area contributed by atoms with Gasteiger partial charge in [0.05, 0.1) is 19.3 Å². The molecule has 17 heavy (non-hydrogen) atoms. The lowest BCUT2D eigenvalue weighted by atomic mass is 10.6. The van der Waals surface area contributed by atoms with Crippen molar-refractivity contribution in [2.75, 3.05) is 19.6 Å². The number of nitrogens with two attached hydrogens (primary N) is 1. The van der Waals surface area contributed by atoms with E-state index in [2.05, 4.69) is 11.0 Å². The molecule has 0 amide bonds. The van der Waals surface area contributed by atoms with Crippen molar-refractivity contribution in [1.82, 2.24) is 14.1 Å². The van der Waals surface area contributed by atoms with Crippen molar-refractivity contribution in [2.24, 2.45) is 5.73 Å². The molecule has 0 radical (unpaired) electrons. The number of sulfonamides is 1. The number of nitrogens with zero attached hydrogens (tertiary/aromatic N) is 3. The molecule has 0 fully saturated rings. The Bertz CT molecular complexity index is 501. The van der Waals surface area contributed by atoms with E-state index in [1.807, 2.05) is 0 Å². The maximum Gasteiger partial charge on any atom is 0.247 e. The maximum atomic E-state index is 12.1. The van der Waals surface area contributed by atoms with E-state index >= 15 is 0 Å². The minimum Gasteiger partial charge on any atom is -0.329 e. The number of aromatic nitrogens is 2. The average molecular weight is 256 g/mol. The normalized spacial score (nSPS) is 11.6. The largest absolute Gasteiger partial charge is 0.329 e. The zero-order chi connectivity index (χ0) is 12.9. The Labute approximate surface area is 101 Å². The summed E-state index contributed by atoms with van der Waals surface area (Å²) in [5.74, 6) is 2.33. The predicted octanol–water partition coefficient (Wildman–Crippen LogP) is -0.514. The third-order valence-electron chi connectivity index (χ3n) is 2.23. The van der Waals surface area contributed by atoms with E-state index < -0.39 is 10.0 Å². The second kappa shape index (κ2) is 5.82. The van der Waals surface area contributed by atoms with E-state index in [9.17, 15) is 8.42 Å². The second-order valence-electron chi connectivity index (χ2n) is 3.36.